The molecule has 4 rings (SSSR count). The van der Waals surface area contributed by atoms with Crippen molar-refractivity contribution in [3.63, 3.8) is 0 Å². The van der Waals surface area contributed by atoms with Crippen molar-refractivity contribution in [2.75, 3.05) is 11.1 Å². The van der Waals surface area contributed by atoms with E-state index >= 15 is 0 Å². The molecule has 1 N–H and O–H groups in total. The van der Waals surface area contributed by atoms with Crippen LogP contribution in [0.15, 0.2) is 78.2 Å². The molecule has 0 aliphatic rings. The van der Waals surface area contributed by atoms with Crippen molar-refractivity contribution in [2.45, 2.75) is 25.5 Å². The van der Waals surface area contributed by atoms with Gasteiger partial charge in [-0.15, -0.1) is 10.2 Å². The van der Waals surface area contributed by atoms with Crippen molar-refractivity contribution in [1.82, 2.24) is 19.7 Å². The molecule has 0 aliphatic carbocycles. The first-order chi connectivity index (χ1) is 15.6. The van der Waals surface area contributed by atoms with Crippen LogP contribution in [-0.4, -0.2) is 31.4 Å². The van der Waals surface area contributed by atoms with Crippen LogP contribution in [0, 0.1) is 6.92 Å². The molecule has 0 spiro atoms. The van der Waals surface area contributed by atoms with Crippen LogP contribution < -0.4 is 10.1 Å². The molecular formula is C24H23N5O2S. The van der Waals surface area contributed by atoms with Crippen molar-refractivity contribution in [3.8, 4) is 22.9 Å². The molecule has 32 heavy (non-hydrogen) atoms. The summed E-state index contributed by atoms with van der Waals surface area (Å²) in [5, 5.41) is 12.2. The number of hydrogen-bond donors (Lipinski definition) is 1. The number of pyridine rings is 1. The van der Waals surface area contributed by atoms with E-state index in [1.165, 1.54) is 11.8 Å². The number of aromatic nitrogens is 4. The van der Waals surface area contributed by atoms with Crippen molar-refractivity contribution >= 4 is 23.4 Å². The third-order valence-electron chi connectivity index (χ3n) is 4.67. The van der Waals surface area contributed by atoms with E-state index in [0.29, 0.717) is 23.1 Å². The number of carbonyl (C=O) groups is 1. The molecule has 4 aromatic rings. The monoisotopic (exact) mass is 445 g/mol. The molecule has 0 unspecified atom stereocenters. The van der Waals surface area contributed by atoms with Gasteiger partial charge >= 0.3 is 0 Å². The quantitative estimate of drug-likeness (QED) is 0.376. The fraction of sp³-hybridized carbons (Fsp3) is 0.167. The molecule has 2 heterocycles. The summed E-state index contributed by atoms with van der Waals surface area (Å²) in [5.41, 5.74) is 2.79. The molecule has 2 aromatic heterocycles. The summed E-state index contributed by atoms with van der Waals surface area (Å²) in [6.45, 7) is 4.75. The van der Waals surface area contributed by atoms with Crippen molar-refractivity contribution in [2.24, 2.45) is 0 Å². The number of rotatable bonds is 8. The Morgan fingerprint density at radius 2 is 1.81 bits per heavy atom. The van der Waals surface area contributed by atoms with Crippen LogP contribution in [0.3, 0.4) is 0 Å². The topological polar surface area (TPSA) is 81.9 Å². The zero-order valence-corrected chi connectivity index (χ0v) is 18.7. The Morgan fingerprint density at radius 1 is 1.03 bits per heavy atom. The summed E-state index contributed by atoms with van der Waals surface area (Å²) in [5.74, 6) is 2.38. The van der Waals surface area contributed by atoms with Gasteiger partial charge in [0.15, 0.2) is 11.0 Å². The molecule has 0 fully saturated rings. The number of nitrogens with one attached hydrogen (secondary N) is 1. The van der Waals surface area contributed by atoms with Crippen LogP contribution in [0.2, 0.25) is 0 Å². The zero-order chi connectivity index (χ0) is 22.3. The summed E-state index contributed by atoms with van der Waals surface area (Å²) in [4.78, 5) is 16.5. The van der Waals surface area contributed by atoms with E-state index in [0.717, 1.165) is 22.7 Å². The molecular weight excluding hydrogens is 422 g/mol. The zero-order valence-electron chi connectivity index (χ0n) is 17.9. The number of benzene rings is 2. The van der Waals surface area contributed by atoms with Gasteiger partial charge in [-0.3, -0.25) is 9.78 Å². The SMILES string of the molecule is CCn1c(SCC(=O)Nc2ccc(Oc3cccc(C)c3)cc2)nnc1-c1ccncc1. The van der Waals surface area contributed by atoms with Crippen LogP contribution in [-0.2, 0) is 11.3 Å². The molecule has 0 bridgehead atoms. The molecule has 1 amide bonds. The van der Waals surface area contributed by atoms with Crippen LogP contribution >= 0.6 is 11.8 Å². The number of anilines is 1. The Kier molecular flexibility index (Phi) is 6.81. The minimum Gasteiger partial charge on any atom is -0.457 e. The normalized spacial score (nSPS) is 10.7. The summed E-state index contributed by atoms with van der Waals surface area (Å²) in [6, 6.07) is 19.0. The van der Waals surface area contributed by atoms with Crippen LogP contribution in [0.4, 0.5) is 5.69 Å². The average Bonchev–Trinajstić information content (AvgIpc) is 3.23. The fourth-order valence-electron chi connectivity index (χ4n) is 3.14. The average molecular weight is 446 g/mol. The summed E-state index contributed by atoms with van der Waals surface area (Å²) in [6.07, 6.45) is 3.45. The molecule has 162 valence electrons. The largest absolute Gasteiger partial charge is 0.457 e. The lowest BCUT2D eigenvalue weighted by Gasteiger charge is -2.09. The molecule has 0 saturated heterocycles. The maximum Gasteiger partial charge on any atom is 0.234 e. The van der Waals surface area contributed by atoms with Gasteiger partial charge in [-0.2, -0.15) is 0 Å². The van der Waals surface area contributed by atoms with Gasteiger partial charge in [0.2, 0.25) is 5.91 Å². The van der Waals surface area contributed by atoms with E-state index < -0.39 is 0 Å². The minimum absolute atomic E-state index is 0.113. The van der Waals surface area contributed by atoms with Gasteiger partial charge in [-0.1, -0.05) is 23.9 Å². The predicted octanol–water partition coefficient (Wildman–Crippen LogP) is 5.19. The standard InChI is InChI=1S/C24H23N5O2S/c1-3-29-23(18-11-13-25-14-12-18)27-28-24(29)32-16-22(30)26-19-7-9-20(10-8-19)31-21-6-4-5-17(2)15-21/h4-15H,3,16H2,1-2H3,(H,26,30). The van der Waals surface area contributed by atoms with Gasteiger partial charge in [0.25, 0.3) is 0 Å². The Balaban J connectivity index is 1.34. The van der Waals surface area contributed by atoms with E-state index in [1.807, 2.05) is 79.1 Å². The smallest absolute Gasteiger partial charge is 0.234 e. The van der Waals surface area contributed by atoms with E-state index in [9.17, 15) is 4.79 Å². The van der Waals surface area contributed by atoms with Gasteiger partial charge < -0.3 is 14.6 Å². The first-order valence-electron chi connectivity index (χ1n) is 10.2. The highest BCUT2D eigenvalue weighted by Crippen LogP contribution is 2.25. The first-order valence-corrected chi connectivity index (χ1v) is 11.2. The predicted molar refractivity (Wildman–Crippen MR) is 126 cm³/mol. The number of thioether (sulfide) groups is 1. The van der Waals surface area contributed by atoms with Gasteiger partial charge in [-0.25, -0.2) is 0 Å². The summed E-state index contributed by atoms with van der Waals surface area (Å²) >= 11 is 1.36. The van der Waals surface area contributed by atoms with Crippen molar-refractivity contribution in [3.05, 3.63) is 78.6 Å². The van der Waals surface area contributed by atoms with Crippen molar-refractivity contribution < 1.29 is 9.53 Å². The van der Waals surface area contributed by atoms with Gasteiger partial charge in [-0.05, 0) is 67.9 Å². The van der Waals surface area contributed by atoms with E-state index in [4.69, 9.17) is 4.74 Å². The van der Waals surface area contributed by atoms with E-state index in [1.54, 1.807) is 12.4 Å². The highest BCUT2D eigenvalue weighted by atomic mass is 32.2. The van der Waals surface area contributed by atoms with E-state index in [-0.39, 0.29) is 11.7 Å². The number of ether oxygens (including phenoxy) is 1. The number of amides is 1. The molecule has 0 aliphatic heterocycles. The molecule has 0 atom stereocenters. The third-order valence-corrected chi connectivity index (χ3v) is 5.63. The number of nitrogens with zero attached hydrogens (tertiary/aromatic N) is 4. The molecule has 2 aromatic carbocycles. The Morgan fingerprint density at radius 3 is 2.53 bits per heavy atom. The first kappa shape index (κ1) is 21.6. The van der Waals surface area contributed by atoms with Gasteiger partial charge in [0, 0.05) is 30.2 Å². The van der Waals surface area contributed by atoms with Crippen LogP contribution in [0.1, 0.15) is 12.5 Å². The Hall–Kier alpha value is -3.65. The second-order valence-corrected chi connectivity index (χ2v) is 8.01. The molecule has 8 heteroatoms. The maximum atomic E-state index is 12.4. The summed E-state index contributed by atoms with van der Waals surface area (Å²) < 4.78 is 7.84. The van der Waals surface area contributed by atoms with Crippen LogP contribution in [0.5, 0.6) is 11.5 Å². The lowest BCUT2D eigenvalue weighted by Crippen LogP contribution is -2.14. The van der Waals surface area contributed by atoms with Crippen molar-refractivity contribution in [1.29, 1.82) is 0 Å². The Labute approximate surface area is 190 Å². The number of aryl methyl sites for hydroxylation is 1. The van der Waals surface area contributed by atoms with Gasteiger partial charge in [0.1, 0.15) is 11.5 Å². The lowest BCUT2D eigenvalue weighted by molar-refractivity contribution is -0.113. The minimum atomic E-state index is -0.113. The molecule has 0 saturated carbocycles. The maximum absolute atomic E-state index is 12.4. The van der Waals surface area contributed by atoms with Crippen LogP contribution in [0.25, 0.3) is 11.4 Å². The molecule has 7 nitrogen and oxygen atoms in total. The Bertz CT molecular complexity index is 1190. The fourth-order valence-corrected chi connectivity index (χ4v) is 3.95. The second kappa shape index (κ2) is 10.1. The van der Waals surface area contributed by atoms with Gasteiger partial charge in [0.05, 0.1) is 5.75 Å². The number of hydrogen-bond acceptors (Lipinski definition) is 6. The lowest BCUT2D eigenvalue weighted by atomic mass is 10.2. The summed E-state index contributed by atoms with van der Waals surface area (Å²) in [7, 11) is 0. The highest BCUT2D eigenvalue weighted by molar-refractivity contribution is 7.99. The second-order valence-electron chi connectivity index (χ2n) is 7.07. The van der Waals surface area contributed by atoms with E-state index in [2.05, 4.69) is 20.5 Å². The number of carbonyl (C=O) groups excluding carboxylic acids is 1. The highest BCUT2D eigenvalue weighted by Gasteiger charge is 2.14. The molecule has 0 radical (unpaired) electrons. The third kappa shape index (κ3) is 5.33.